The molecule has 0 fully saturated rings. The average molecular weight is 334 g/mol. The van der Waals surface area contributed by atoms with Crippen molar-refractivity contribution in [2.45, 2.75) is 25.8 Å². The zero-order valence-corrected chi connectivity index (χ0v) is 13.2. The van der Waals surface area contributed by atoms with Crippen LogP contribution in [0, 0.1) is 0 Å². The van der Waals surface area contributed by atoms with E-state index in [0.717, 1.165) is 29.4 Å². The molecule has 0 amide bonds. The summed E-state index contributed by atoms with van der Waals surface area (Å²) in [6, 6.07) is 16.3. The zero-order chi connectivity index (χ0) is 14.4. The second kappa shape index (κ2) is 7.46. The van der Waals surface area contributed by atoms with Crippen molar-refractivity contribution < 1.29 is 5.11 Å². The molecule has 2 N–H and O–H groups in total. The van der Waals surface area contributed by atoms with Gasteiger partial charge in [0.2, 0.25) is 0 Å². The molecule has 0 spiro atoms. The minimum absolute atomic E-state index is 0.334. The van der Waals surface area contributed by atoms with Crippen molar-refractivity contribution in [2.75, 3.05) is 6.54 Å². The Morgan fingerprint density at radius 2 is 1.70 bits per heavy atom. The van der Waals surface area contributed by atoms with E-state index in [1.807, 2.05) is 18.2 Å². The predicted molar refractivity (Wildman–Crippen MR) is 87.1 cm³/mol. The summed E-state index contributed by atoms with van der Waals surface area (Å²) in [6.45, 7) is 3.06. The topological polar surface area (TPSA) is 32.3 Å². The fourth-order valence-corrected chi connectivity index (χ4v) is 2.87. The first kappa shape index (κ1) is 15.1. The summed E-state index contributed by atoms with van der Waals surface area (Å²) in [5.41, 5.74) is 2.47. The van der Waals surface area contributed by atoms with Gasteiger partial charge in [-0.3, -0.25) is 0 Å². The van der Waals surface area contributed by atoms with Crippen LogP contribution in [0.4, 0.5) is 0 Å². The van der Waals surface area contributed by atoms with E-state index in [1.165, 1.54) is 5.56 Å². The summed E-state index contributed by atoms with van der Waals surface area (Å²) in [7, 11) is 0. The molecule has 0 saturated heterocycles. The maximum Gasteiger partial charge on any atom is 0.115 e. The van der Waals surface area contributed by atoms with Crippen molar-refractivity contribution in [3.63, 3.8) is 0 Å². The van der Waals surface area contributed by atoms with Crippen molar-refractivity contribution in [2.24, 2.45) is 0 Å². The number of hydrogen-bond acceptors (Lipinski definition) is 2. The molecule has 0 heterocycles. The Morgan fingerprint density at radius 1 is 1.05 bits per heavy atom. The summed E-state index contributed by atoms with van der Waals surface area (Å²) >= 11 is 3.51. The Hall–Kier alpha value is -1.32. The average Bonchev–Trinajstić information content (AvgIpc) is 2.39. The smallest absolute Gasteiger partial charge is 0.115 e. The second-order valence-electron chi connectivity index (χ2n) is 4.96. The van der Waals surface area contributed by atoms with Gasteiger partial charge in [-0.15, -0.1) is 0 Å². The first-order chi connectivity index (χ1) is 9.67. The molecule has 0 aliphatic heterocycles. The summed E-state index contributed by atoms with van der Waals surface area (Å²) in [4.78, 5) is 0. The summed E-state index contributed by atoms with van der Waals surface area (Å²) in [5, 5.41) is 13.1. The molecule has 0 bridgehead atoms. The number of likely N-dealkylation sites (N-methyl/N-ethyl adjacent to an activating group) is 1. The molecule has 2 nitrogen and oxygen atoms in total. The molecule has 1 unspecified atom stereocenters. The van der Waals surface area contributed by atoms with Gasteiger partial charge >= 0.3 is 0 Å². The molecule has 0 aliphatic carbocycles. The Bertz CT molecular complexity index is 509. The SMILES string of the molecule is CCNC(Cc1cccc(O)c1)Cc1cccc(Br)c1. The normalized spacial score (nSPS) is 12.3. The number of phenolic OH excluding ortho intramolecular Hbond substituents is 1. The molecule has 106 valence electrons. The number of halogens is 1. The van der Waals surface area contributed by atoms with Crippen LogP contribution in [0.15, 0.2) is 53.0 Å². The van der Waals surface area contributed by atoms with Gasteiger partial charge in [0.25, 0.3) is 0 Å². The van der Waals surface area contributed by atoms with Crippen molar-refractivity contribution in [1.29, 1.82) is 0 Å². The monoisotopic (exact) mass is 333 g/mol. The van der Waals surface area contributed by atoms with Crippen LogP contribution in [-0.4, -0.2) is 17.7 Å². The van der Waals surface area contributed by atoms with E-state index in [1.54, 1.807) is 6.07 Å². The molecule has 0 saturated carbocycles. The lowest BCUT2D eigenvalue weighted by Gasteiger charge is -2.18. The van der Waals surface area contributed by atoms with Gasteiger partial charge in [0.05, 0.1) is 0 Å². The van der Waals surface area contributed by atoms with Crippen LogP contribution in [0.1, 0.15) is 18.1 Å². The van der Waals surface area contributed by atoms with E-state index in [2.05, 4.69) is 52.4 Å². The van der Waals surface area contributed by atoms with Crippen molar-refractivity contribution in [3.05, 3.63) is 64.1 Å². The Kier molecular flexibility index (Phi) is 5.62. The van der Waals surface area contributed by atoms with E-state index in [0.29, 0.717) is 11.8 Å². The van der Waals surface area contributed by atoms with Crippen molar-refractivity contribution >= 4 is 15.9 Å². The maximum atomic E-state index is 9.56. The minimum atomic E-state index is 0.334. The van der Waals surface area contributed by atoms with Gasteiger partial charge < -0.3 is 10.4 Å². The third-order valence-electron chi connectivity index (χ3n) is 3.26. The molecule has 1 atom stereocenters. The molecule has 0 radical (unpaired) electrons. The first-order valence-corrected chi connectivity index (χ1v) is 7.72. The molecule has 3 heteroatoms. The van der Waals surface area contributed by atoms with Crippen molar-refractivity contribution in [1.82, 2.24) is 5.32 Å². The molecular weight excluding hydrogens is 314 g/mol. The highest BCUT2D eigenvalue weighted by molar-refractivity contribution is 9.10. The van der Waals surface area contributed by atoms with Crippen LogP contribution in [0.5, 0.6) is 5.75 Å². The van der Waals surface area contributed by atoms with Gasteiger partial charge in [-0.1, -0.05) is 47.1 Å². The molecule has 2 aromatic carbocycles. The quantitative estimate of drug-likeness (QED) is 0.839. The van der Waals surface area contributed by atoms with Gasteiger partial charge in [-0.2, -0.15) is 0 Å². The Labute approximate surface area is 129 Å². The fourth-order valence-electron chi connectivity index (χ4n) is 2.42. The highest BCUT2D eigenvalue weighted by Crippen LogP contribution is 2.16. The van der Waals surface area contributed by atoms with E-state index < -0.39 is 0 Å². The van der Waals surface area contributed by atoms with Gasteiger partial charge in [0.15, 0.2) is 0 Å². The van der Waals surface area contributed by atoms with Crippen LogP contribution in [0.2, 0.25) is 0 Å². The number of rotatable bonds is 6. The number of aromatic hydroxyl groups is 1. The third kappa shape index (κ3) is 4.66. The lowest BCUT2D eigenvalue weighted by molar-refractivity contribution is 0.472. The molecule has 0 aromatic heterocycles. The van der Waals surface area contributed by atoms with Crippen LogP contribution in [0.25, 0.3) is 0 Å². The largest absolute Gasteiger partial charge is 0.508 e. The fraction of sp³-hybridized carbons (Fsp3) is 0.294. The van der Waals surface area contributed by atoms with Gasteiger partial charge in [0.1, 0.15) is 5.75 Å². The van der Waals surface area contributed by atoms with Crippen LogP contribution < -0.4 is 5.32 Å². The standard InChI is InChI=1S/C17H20BrNO/c1-2-19-16(10-13-5-3-7-15(18)9-13)11-14-6-4-8-17(20)12-14/h3-9,12,16,19-20H,2,10-11H2,1H3. The Morgan fingerprint density at radius 3 is 2.30 bits per heavy atom. The highest BCUT2D eigenvalue weighted by Gasteiger charge is 2.10. The number of phenols is 1. The third-order valence-corrected chi connectivity index (χ3v) is 3.75. The second-order valence-corrected chi connectivity index (χ2v) is 5.88. The summed E-state index contributed by atoms with van der Waals surface area (Å²) < 4.78 is 1.11. The number of hydrogen-bond donors (Lipinski definition) is 2. The van der Waals surface area contributed by atoms with Crippen LogP contribution in [-0.2, 0) is 12.8 Å². The molecular formula is C17H20BrNO. The van der Waals surface area contributed by atoms with E-state index >= 15 is 0 Å². The maximum absolute atomic E-state index is 9.56. The lowest BCUT2D eigenvalue weighted by atomic mass is 9.99. The molecule has 2 aromatic rings. The number of benzene rings is 2. The number of nitrogens with one attached hydrogen (secondary N) is 1. The lowest BCUT2D eigenvalue weighted by Crippen LogP contribution is -2.33. The van der Waals surface area contributed by atoms with Crippen LogP contribution in [0.3, 0.4) is 0 Å². The van der Waals surface area contributed by atoms with Gasteiger partial charge in [-0.05, 0) is 54.8 Å². The van der Waals surface area contributed by atoms with Gasteiger partial charge in [0, 0.05) is 10.5 Å². The highest BCUT2D eigenvalue weighted by atomic mass is 79.9. The zero-order valence-electron chi connectivity index (χ0n) is 11.6. The predicted octanol–water partition coefficient (Wildman–Crippen LogP) is 3.92. The Balaban J connectivity index is 2.07. The minimum Gasteiger partial charge on any atom is -0.508 e. The van der Waals surface area contributed by atoms with E-state index in [-0.39, 0.29) is 0 Å². The molecule has 0 aliphatic rings. The van der Waals surface area contributed by atoms with E-state index in [9.17, 15) is 5.11 Å². The van der Waals surface area contributed by atoms with Crippen molar-refractivity contribution in [3.8, 4) is 5.75 Å². The summed E-state index contributed by atoms with van der Waals surface area (Å²) in [5.74, 6) is 0.334. The molecule has 2 rings (SSSR count). The molecule has 20 heavy (non-hydrogen) atoms. The first-order valence-electron chi connectivity index (χ1n) is 6.93. The van der Waals surface area contributed by atoms with E-state index in [4.69, 9.17) is 0 Å². The van der Waals surface area contributed by atoms with Crippen LogP contribution >= 0.6 is 15.9 Å². The van der Waals surface area contributed by atoms with Gasteiger partial charge in [-0.25, -0.2) is 0 Å². The summed E-state index contributed by atoms with van der Waals surface area (Å²) in [6.07, 6.45) is 1.89.